The van der Waals surface area contributed by atoms with Crippen LogP contribution in [-0.2, 0) is 4.79 Å². The van der Waals surface area contributed by atoms with Crippen molar-refractivity contribution in [2.24, 2.45) is 0 Å². The van der Waals surface area contributed by atoms with Crippen molar-refractivity contribution in [2.75, 3.05) is 10.6 Å². The number of nitrogens with zero attached hydrogens (tertiary/aromatic N) is 2. The van der Waals surface area contributed by atoms with E-state index in [9.17, 15) is 4.79 Å². The predicted molar refractivity (Wildman–Crippen MR) is 95.0 cm³/mol. The van der Waals surface area contributed by atoms with Crippen LogP contribution in [0, 0.1) is 0 Å². The van der Waals surface area contributed by atoms with Crippen molar-refractivity contribution in [1.29, 1.82) is 0 Å². The van der Waals surface area contributed by atoms with E-state index in [0.717, 1.165) is 5.39 Å². The first-order valence-electron chi connectivity index (χ1n) is 7.32. The lowest BCUT2D eigenvalue weighted by Gasteiger charge is -2.14. The number of carbonyl (C=O) groups is 1. The Morgan fingerprint density at radius 1 is 1.12 bits per heavy atom. The van der Waals surface area contributed by atoms with E-state index in [0.29, 0.717) is 28.0 Å². The van der Waals surface area contributed by atoms with Crippen molar-refractivity contribution in [3.8, 4) is 0 Å². The molecule has 0 aliphatic carbocycles. The van der Waals surface area contributed by atoms with Crippen LogP contribution in [0.3, 0.4) is 0 Å². The number of carboxylic acids is 1. The normalized spacial score (nSPS) is 11.9. The lowest BCUT2D eigenvalue weighted by molar-refractivity contribution is -0.137. The number of rotatable bonds is 5. The maximum Gasteiger partial charge on any atom is 0.325 e. The molecule has 1 aromatic heterocycles. The van der Waals surface area contributed by atoms with Gasteiger partial charge in [0.05, 0.1) is 16.2 Å². The highest BCUT2D eigenvalue weighted by molar-refractivity contribution is 6.33. The third kappa shape index (κ3) is 3.38. The Balaban J connectivity index is 2.03. The number of fused-ring (bicyclic) bond motifs is 1. The van der Waals surface area contributed by atoms with Crippen molar-refractivity contribution in [1.82, 2.24) is 9.97 Å². The van der Waals surface area contributed by atoms with Gasteiger partial charge in [-0.1, -0.05) is 35.9 Å². The van der Waals surface area contributed by atoms with Crippen molar-refractivity contribution in [2.45, 2.75) is 13.0 Å². The van der Waals surface area contributed by atoms with Gasteiger partial charge in [-0.2, -0.15) is 4.98 Å². The molecule has 3 rings (SSSR count). The van der Waals surface area contributed by atoms with Crippen LogP contribution in [0.5, 0.6) is 0 Å². The minimum atomic E-state index is -0.960. The summed E-state index contributed by atoms with van der Waals surface area (Å²) in [6, 6.07) is 13.9. The molecule has 122 valence electrons. The molecule has 0 aliphatic rings. The van der Waals surface area contributed by atoms with E-state index in [4.69, 9.17) is 16.7 Å². The fourth-order valence-electron chi connectivity index (χ4n) is 2.19. The summed E-state index contributed by atoms with van der Waals surface area (Å²) in [7, 11) is 0. The number of aliphatic carboxylic acids is 1. The Hall–Kier alpha value is -2.86. The number of carboxylic acid groups (broad SMARTS) is 1. The molecule has 0 fully saturated rings. The first kappa shape index (κ1) is 16.0. The molecule has 0 amide bonds. The molecule has 0 spiro atoms. The standard InChI is InChI=1S/C17H15ClN4O2/c1-10(16(23)24)19-15-11-6-2-4-8-13(11)20-17(22-15)21-14-9-5-3-7-12(14)18/h2-10H,1H3,(H,23,24)(H2,19,20,21,22). The van der Waals surface area contributed by atoms with E-state index in [1.807, 2.05) is 42.5 Å². The van der Waals surface area contributed by atoms with E-state index in [1.54, 1.807) is 13.0 Å². The van der Waals surface area contributed by atoms with E-state index < -0.39 is 12.0 Å². The van der Waals surface area contributed by atoms with Gasteiger partial charge < -0.3 is 15.7 Å². The third-order valence-corrected chi connectivity index (χ3v) is 3.78. The average Bonchev–Trinajstić information content (AvgIpc) is 2.57. The monoisotopic (exact) mass is 342 g/mol. The summed E-state index contributed by atoms with van der Waals surface area (Å²) in [4.78, 5) is 20.0. The van der Waals surface area contributed by atoms with Crippen LogP contribution in [0.1, 0.15) is 6.92 Å². The van der Waals surface area contributed by atoms with Gasteiger partial charge in [-0.3, -0.25) is 4.79 Å². The van der Waals surface area contributed by atoms with Crippen LogP contribution in [0.2, 0.25) is 5.02 Å². The minimum Gasteiger partial charge on any atom is -0.480 e. The van der Waals surface area contributed by atoms with Crippen molar-refractivity contribution in [3.05, 3.63) is 53.6 Å². The van der Waals surface area contributed by atoms with E-state index in [-0.39, 0.29) is 0 Å². The highest BCUT2D eigenvalue weighted by atomic mass is 35.5. The van der Waals surface area contributed by atoms with Gasteiger partial charge in [-0.25, -0.2) is 4.98 Å². The highest BCUT2D eigenvalue weighted by Crippen LogP contribution is 2.27. The summed E-state index contributed by atoms with van der Waals surface area (Å²) in [6.07, 6.45) is 0. The van der Waals surface area contributed by atoms with Crippen molar-refractivity contribution < 1.29 is 9.90 Å². The van der Waals surface area contributed by atoms with Crippen molar-refractivity contribution >= 4 is 45.9 Å². The first-order chi connectivity index (χ1) is 11.5. The lowest BCUT2D eigenvalue weighted by atomic mass is 10.2. The van der Waals surface area contributed by atoms with Crippen LogP contribution >= 0.6 is 11.6 Å². The summed E-state index contributed by atoms with van der Waals surface area (Å²) in [5, 5.41) is 16.4. The number of hydrogen-bond donors (Lipinski definition) is 3. The molecule has 1 atom stereocenters. The zero-order chi connectivity index (χ0) is 17.1. The minimum absolute atomic E-state index is 0.335. The van der Waals surface area contributed by atoms with Gasteiger partial charge in [0.15, 0.2) is 0 Å². The number of benzene rings is 2. The second-order valence-corrected chi connectivity index (χ2v) is 5.63. The molecule has 1 unspecified atom stereocenters. The SMILES string of the molecule is CC(Nc1nc(Nc2ccccc2Cl)nc2ccccc12)C(=O)O. The van der Waals surface area contributed by atoms with Gasteiger partial charge in [0.25, 0.3) is 0 Å². The predicted octanol–water partition coefficient (Wildman–Crippen LogP) is 3.91. The quantitative estimate of drug-likeness (QED) is 0.651. The summed E-state index contributed by atoms with van der Waals surface area (Å²) >= 11 is 6.15. The molecule has 6 nitrogen and oxygen atoms in total. The second-order valence-electron chi connectivity index (χ2n) is 5.22. The average molecular weight is 343 g/mol. The van der Waals surface area contributed by atoms with Gasteiger partial charge in [-0.05, 0) is 31.2 Å². The van der Waals surface area contributed by atoms with Crippen LogP contribution in [0.15, 0.2) is 48.5 Å². The number of para-hydroxylation sites is 2. The van der Waals surface area contributed by atoms with Gasteiger partial charge in [0, 0.05) is 5.39 Å². The molecule has 0 radical (unpaired) electrons. The van der Waals surface area contributed by atoms with Gasteiger partial charge >= 0.3 is 5.97 Å². The second kappa shape index (κ2) is 6.72. The molecule has 24 heavy (non-hydrogen) atoms. The summed E-state index contributed by atoms with van der Waals surface area (Å²) in [6.45, 7) is 1.56. The molecular weight excluding hydrogens is 328 g/mol. The Kier molecular flexibility index (Phi) is 4.48. The molecule has 0 aliphatic heterocycles. The fraction of sp³-hybridized carbons (Fsp3) is 0.118. The Morgan fingerprint density at radius 3 is 2.58 bits per heavy atom. The summed E-state index contributed by atoms with van der Waals surface area (Å²) < 4.78 is 0. The summed E-state index contributed by atoms with van der Waals surface area (Å²) in [5.41, 5.74) is 1.37. The number of nitrogens with one attached hydrogen (secondary N) is 2. The van der Waals surface area contributed by atoms with Gasteiger partial charge in [0.2, 0.25) is 5.95 Å². The molecule has 0 bridgehead atoms. The largest absolute Gasteiger partial charge is 0.480 e. The maximum absolute atomic E-state index is 11.1. The smallest absolute Gasteiger partial charge is 0.325 e. The maximum atomic E-state index is 11.1. The van der Waals surface area contributed by atoms with Crippen LogP contribution in [-0.4, -0.2) is 27.1 Å². The number of aromatic nitrogens is 2. The number of hydrogen-bond acceptors (Lipinski definition) is 5. The number of halogens is 1. The van der Waals surface area contributed by atoms with Gasteiger partial charge in [0.1, 0.15) is 11.9 Å². The molecule has 7 heteroatoms. The topological polar surface area (TPSA) is 87.1 Å². The van der Waals surface area contributed by atoms with E-state index >= 15 is 0 Å². The van der Waals surface area contributed by atoms with E-state index in [2.05, 4.69) is 20.6 Å². The molecule has 0 saturated carbocycles. The van der Waals surface area contributed by atoms with Crippen LogP contribution in [0.25, 0.3) is 10.9 Å². The molecule has 0 saturated heterocycles. The van der Waals surface area contributed by atoms with Crippen LogP contribution < -0.4 is 10.6 Å². The molecule has 3 N–H and O–H groups in total. The number of anilines is 3. The molecule has 2 aromatic carbocycles. The first-order valence-corrected chi connectivity index (χ1v) is 7.70. The van der Waals surface area contributed by atoms with Crippen LogP contribution in [0.4, 0.5) is 17.5 Å². The fourth-order valence-corrected chi connectivity index (χ4v) is 2.38. The molecule has 1 heterocycles. The van der Waals surface area contributed by atoms with Crippen molar-refractivity contribution in [3.63, 3.8) is 0 Å². The van der Waals surface area contributed by atoms with E-state index in [1.165, 1.54) is 0 Å². The van der Waals surface area contributed by atoms with Gasteiger partial charge in [-0.15, -0.1) is 0 Å². The zero-order valence-electron chi connectivity index (χ0n) is 12.8. The Bertz CT molecular complexity index is 901. The molecular formula is C17H15ClN4O2. The highest BCUT2D eigenvalue weighted by Gasteiger charge is 2.15. The third-order valence-electron chi connectivity index (χ3n) is 3.45. The lowest BCUT2D eigenvalue weighted by Crippen LogP contribution is -2.26. The zero-order valence-corrected chi connectivity index (χ0v) is 13.6. The Labute approximate surface area is 143 Å². The Morgan fingerprint density at radius 2 is 1.83 bits per heavy atom. The summed E-state index contributed by atoms with van der Waals surface area (Å²) in [5.74, 6) is -0.176. The molecule has 3 aromatic rings.